The van der Waals surface area contributed by atoms with Crippen LogP contribution in [0.2, 0.25) is 0 Å². The number of fused-ring (bicyclic) bond motifs is 1. The van der Waals surface area contributed by atoms with Crippen LogP contribution in [0.3, 0.4) is 0 Å². The third kappa shape index (κ3) is 5.20. The summed E-state index contributed by atoms with van der Waals surface area (Å²) in [5, 5.41) is 20.7. The highest BCUT2D eigenvalue weighted by Gasteiger charge is 2.47. The molecule has 2 fully saturated rings. The average Bonchev–Trinajstić information content (AvgIpc) is 3.45. The number of hydrogen-bond donors (Lipinski definition) is 3. The Kier molecular flexibility index (Phi) is 6.22. The van der Waals surface area contributed by atoms with Crippen molar-refractivity contribution in [2.75, 3.05) is 13.1 Å². The van der Waals surface area contributed by atoms with Gasteiger partial charge in [0.1, 0.15) is 0 Å². The largest absolute Gasteiger partial charge is 0.392 e. The van der Waals surface area contributed by atoms with Gasteiger partial charge in [0, 0.05) is 18.4 Å². The number of nitrogens with one attached hydrogen (secondary N) is 2. The molecule has 1 saturated heterocycles. The second-order valence-corrected chi connectivity index (χ2v) is 8.82. The summed E-state index contributed by atoms with van der Waals surface area (Å²) >= 11 is 0. The Morgan fingerprint density at radius 1 is 1.32 bits per heavy atom. The molecule has 1 aromatic carbocycles. The summed E-state index contributed by atoms with van der Waals surface area (Å²) in [5.74, 6) is -3.69. The maximum absolute atomic E-state index is 14.1. The van der Waals surface area contributed by atoms with Crippen LogP contribution in [0, 0.1) is 5.92 Å². The van der Waals surface area contributed by atoms with E-state index in [4.69, 9.17) is 0 Å². The van der Waals surface area contributed by atoms with Crippen molar-refractivity contribution in [2.45, 2.75) is 63.0 Å². The van der Waals surface area contributed by atoms with Crippen LogP contribution in [0.15, 0.2) is 24.4 Å². The number of aliphatic hydroxyl groups is 1. The van der Waals surface area contributed by atoms with Crippen molar-refractivity contribution in [2.24, 2.45) is 5.92 Å². The van der Waals surface area contributed by atoms with E-state index < -0.39 is 36.9 Å². The van der Waals surface area contributed by atoms with Crippen molar-refractivity contribution < 1.29 is 23.5 Å². The number of rotatable bonds is 7. The first-order valence-corrected chi connectivity index (χ1v) is 10.8. The number of carbonyl (C=O) groups excluding carboxylic acids is 2. The zero-order chi connectivity index (χ0) is 22.0. The van der Waals surface area contributed by atoms with Gasteiger partial charge >= 0.3 is 0 Å². The molecule has 168 valence electrons. The lowest BCUT2D eigenvalue weighted by Crippen LogP contribution is -2.44. The van der Waals surface area contributed by atoms with E-state index in [2.05, 4.69) is 15.5 Å². The Labute approximate surface area is 179 Å². The van der Waals surface area contributed by atoms with Crippen molar-refractivity contribution in [3.05, 3.63) is 30.0 Å². The monoisotopic (exact) mass is 434 g/mol. The van der Waals surface area contributed by atoms with E-state index >= 15 is 0 Å². The minimum Gasteiger partial charge on any atom is -0.392 e. The number of benzene rings is 1. The molecule has 0 radical (unpaired) electrons. The van der Waals surface area contributed by atoms with E-state index in [9.17, 15) is 23.5 Å². The molecule has 7 nitrogen and oxygen atoms in total. The van der Waals surface area contributed by atoms with E-state index in [1.165, 1.54) is 0 Å². The van der Waals surface area contributed by atoms with Crippen molar-refractivity contribution in [3.8, 4) is 0 Å². The van der Waals surface area contributed by atoms with Crippen LogP contribution in [0.5, 0.6) is 0 Å². The van der Waals surface area contributed by atoms with Crippen LogP contribution in [0.25, 0.3) is 10.9 Å². The van der Waals surface area contributed by atoms with Crippen molar-refractivity contribution in [3.63, 3.8) is 0 Å². The summed E-state index contributed by atoms with van der Waals surface area (Å²) < 4.78 is 28.1. The number of halogens is 2. The first-order valence-electron chi connectivity index (χ1n) is 10.8. The molecule has 1 aromatic heterocycles. The summed E-state index contributed by atoms with van der Waals surface area (Å²) in [4.78, 5) is 26.2. The smallest absolute Gasteiger partial charge is 0.267 e. The van der Waals surface area contributed by atoms with Crippen molar-refractivity contribution in [1.29, 1.82) is 0 Å². The van der Waals surface area contributed by atoms with Gasteiger partial charge in [0.15, 0.2) is 0 Å². The molecule has 1 aliphatic heterocycles. The summed E-state index contributed by atoms with van der Waals surface area (Å²) in [7, 11) is 0. The Bertz CT molecular complexity index is 942. The molecule has 1 aliphatic carbocycles. The van der Waals surface area contributed by atoms with Gasteiger partial charge in [-0.3, -0.25) is 14.7 Å². The van der Waals surface area contributed by atoms with E-state index in [0.29, 0.717) is 0 Å². The molecule has 4 rings (SSSR count). The third-order valence-electron chi connectivity index (χ3n) is 6.43. The highest BCUT2D eigenvalue weighted by Crippen LogP contribution is 2.34. The number of likely N-dealkylation sites (tertiary alicyclic amines) is 1. The van der Waals surface area contributed by atoms with Gasteiger partial charge in [0.2, 0.25) is 11.8 Å². The van der Waals surface area contributed by atoms with E-state index in [-0.39, 0.29) is 31.2 Å². The molecule has 3 N–H and O–H groups in total. The van der Waals surface area contributed by atoms with Crippen LogP contribution >= 0.6 is 0 Å². The Hall–Kier alpha value is -2.55. The summed E-state index contributed by atoms with van der Waals surface area (Å²) in [6, 6.07) is 4.72. The van der Waals surface area contributed by atoms with E-state index in [1.807, 2.05) is 18.2 Å². The van der Waals surface area contributed by atoms with E-state index in [0.717, 1.165) is 47.0 Å². The maximum Gasteiger partial charge on any atom is 0.267 e. The number of nitrogens with zero attached hydrogens (tertiary/aromatic N) is 2. The van der Waals surface area contributed by atoms with Gasteiger partial charge in [0.25, 0.3) is 5.92 Å². The van der Waals surface area contributed by atoms with Gasteiger partial charge in [-0.15, -0.1) is 0 Å². The van der Waals surface area contributed by atoms with Gasteiger partial charge < -0.3 is 15.3 Å². The average molecular weight is 434 g/mol. The molecule has 1 saturated carbocycles. The Morgan fingerprint density at radius 3 is 2.87 bits per heavy atom. The van der Waals surface area contributed by atoms with Crippen molar-refractivity contribution >= 4 is 22.7 Å². The van der Waals surface area contributed by atoms with Crippen LogP contribution in [-0.4, -0.2) is 63.2 Å². The number of carbonyl (C=O) groups is 2. The van der Waals surface area contributed by atoms with Crippen LogP contribution in [0.1, 0.15) is 44.1 Å². The predicted molar refractivity (Wildman–Crippen MR) is 110 cm³/mol. The zero-order valence-corrected chi connectivity index (χ0v) is 17.3. The molecule has 2 amide bonds. The number of aliphatic hydroxyl groups excluding tert-OH is 1. The summed E-state index contributed by atoms with van der Waals surface area (Å²) in [6.45, 7) is -0.702. The van der Waals surface area contributed by atoms with Crippen LogP contribution in [0.4, 0.5) is 8.78 Å². The van der Waals surface area contributed by atoms with Gasteiger partial charge in [-0.05, 0) is 30.4 Å². The third-order valence-corrected chi connectivity index (χ3v) is 6.43. The fourth-order valence-corrected chi connectivity index (χ4v) is 4.75. The summed E-state index contributed by atoms with van der Waals surface area (Å²) in [6.07, 6.45) is 4.16. The zero-order valence-electron chi connectivity index (χ0n) is 17.3. The number of hydrogen-bond acceptors (Lipinski definition) is 4. The Morgan fingerprint density at radius 2 is 2.10 bits per heavy atom. The first-order chi connectivity index (χ1) is 14.8. The SMILES string of the molecule is O=C(Cc1ccc2cn[nH]c2c1)NC[C@@H]1CC(F)(F)CN1C(=O)CC(O)C1CCCC1. The normalized spacial score (nSPS) is 22.2. The minimum absolute atomic E-state index is 0.0357. The lowest BCUT2D eigenvalue weighted by molar-refractivity contribution is -0.136. The lowest BCUT2D eigenvalue weighted by atomic mass is 9.97. The molecule has 0 bridgehead atoms. The molecule has 0 spiro atoms. The van der Waals surface area contributed by atoms with Crippen LogP contribution in [-0.2, 0) is 16.0 Å². The first kappa shape index (κ1) is 21.7. The number of aromatic amines is 1. The predicted octanol–water partition coefficient (Wildman–Crippen LogP) is 2.40. The molecule has 2 atom stereocenters. The fraction of sp³-hybridized carbons (Fsp3) is 0.591. The second kappa shape index (κ2) is 8.90. The number of aromatic nitrogens is 2. The fourth-order valence-electron chi connectivity index (χ4n) is 4.75. The second-order valence-electron chi connectivity index (χ2n) is 8.82. The topological polar surface area (TPSA) is 98.3 Å². The molecular weight excluding hydrogens is 406 g/mol. The summed E-state index contributed by atoms with van der Waals surface area (Å²) in [5.41, 5.74) is 1.59. The number of alkyl halides is 2. The Balaban J connectivity index is 1.32. The van der Waals surface area contributed by atoms with Gasteiger partial charge in [-0.2, -0.15) is 5.10 Å². The van der Waals surface area contributed by atoms with Crippen LogP contribution < -0.4 is 5.32 Å². The molecule has 2 aromatic rings. The highest BCUT2D eigenvalue weighted by atomic mass is 19.3. The van der Waals surface area contributed by atoms with Gasteiger partial charge in [-0.1, -0.05) is 25.0 Å². The minimum atomic E-state index is -2.99. The molecule has 9 heteroatoms. The lowest BCUT2D eigenvalue weighted by Gasteiger charge is -2.26. The quantitative estimate of drug-likeness (QED) is 0.623. The van der Waals surface area contributed by atoms with Crippen molar-refractivity contribution in [1.82, 2.24) is 20.4 Å². The highest BCUT2D eigenvalue weighted by molar-refractivity contribution is 5.83. The number of amides is 2. The van der Waals surface area contributed by atoms with E-state index in [1.54, 1.807) is 6.20 Å². The molecule has 31 heavy (non-hydrogen) atoms. The van der Waals surface area contributed by atoms with Gasteiger partial charge in [-0.25, -0.2) is 8.78 Å². The van der Waals surface area contributed by atoms with Gasteiger partial charge in [0.05, 0.1) is 43.2 Å². The molecule has 2 aliphatic rings. The maximum atomic E-state index is 14.1. The molecule has 1 unspecified atom stereocenters. The number of H-pyrrole nitrogens is 1. The molecule has 2 heterocycles. The standard InChI is InChI=1S/C22H28F2N4O3/c23-22(24)10-17(28(13-22)21(31)9-19(29)15-3-1-2-4-15)12-25-20(30)8-14-5-6-16-11-26-27-18(16)7-14/h5-7,11,15,17,19,29H,1-4,8-10,12-13H2,(H,25,30)(H,26,27)/t17-,19?/m0/s1. The molecular formula is C22H28F2N4O3.